The SMILES string of the molecule is COCCN(C)C(=O)Nc1cc(Oc2ccc(NC(=S)NC(C)=O)cc2F)ncn1. The van der Waals surface area contributed by atoms with Gasteiger partial charge in [-0.3, -0.25) is 10.1 Å². The van der Waals surface area contributed by atoms with E-state index in [4.69, 9.17) is 21.7 Å². The van der Waals surface area contributed by atoms with E-state index in [1.165, 1.54) is 36.4 Å². The normalized spacial score (nSPS) is 10.1. The number of urea groups is 1. The Bertz CT molecular complexity index is 929. The monoisotopic (exact) mass is 436 g/mol. The molecule has 160 valence electrons. The number of nitrogens with one attached hydrogen (secondary N) is 3. The number of hydrogen-bond donors (Lipinski definition) is 3. The topological polar surface area (TPSA) is 118 Å². The highest BCUT2D eigenvalue weighted by atomic mass is 32.1. The van der Waals surface area contributed by atoms with E-state index in [0.29, 0.717) is 18.8 Å². The molecule has 0 aliphatic rings. The Balaban J connectivity index is 2.02. The maximum atomic E-state index is 14.4. The molecule has 1 aromatic heterocycles. The van der Waals surface area contributed by atoms with Crippen LogP contribution in [0.2, 0.25) is 0 Å². The molecule has 3 N–H and O–H groups in total. The van der Waals surface area contributed by atoms with Crippen molar-refractivity contribution < 1.29 is 23.5 Å². The number of benzene rings is 1. The minimum absolute atomic E-state index is 0.0354. The molecule has 0 saturated carbocycles. The van der Waals surface area contributed by atoms with Gasteiger partial charge in [0.2, 0.25) is 11.8 Å². The van der Waals surface area contributed by atoms with Crippen LogP contribution in [0.4, 0.5) is 20.7 Å². The van der Waals surface area contributed by atoms with Crippen LogP contribution in [0.25, 0.3) is 0 Å². The second-order valence-electron chi connectivity index (χ2n) is 5.97. The molecule has 2 aromatic rings. The van der Waals surface area contributed by atoms with Crippen LogP contribution in [0.15, 0.2) is 30.6 Å². The first kappa shape index (κ1) is 22.9. The zero-order valence-electron chi connectivity index (χ0n) is 16.6. The maximum absolute atomic E-state index is 14.4. The molecule has 10 nitrogen and oxygen atoms in total. The molecule has 2 rings (SSSR count). The van der Waals surface area contributed by atoms with Crippen LogP contribution in [0, 0.1) is 5.82 Å². The van der Waals surface area contributed by atoms with Crippen molar-refractivity contribution in [3.63, 3.8) is 0 Å². The zero-order chi connectivity index (χ0) is 22.1. The molecular weight excluding hydrogens is 415 g/mol. The third-order valence-electron chi connectivity index (χ3n) is 3.55. The second-order valence-corrected chi connectivity index (χ2v) is 6.38. The van der Waals surface area contributed by atoms with Gasteiger partial charge in [0.05, 0.1) is 6.61 Å². The summed E-state index contributed by atoms with van der Waals surface area (Å²) in [7, 11) is 3.15. The van der Waals surface area contributed by atoms with Crippen LogP contribution in [-0.2, 0) is 9.53 Å². The molecule has 0 fully saturated rings. The number of carbonyl (C=O) groups is 2. The number of hydrogen-bond acceptors (Lipinski definition) is 7. The summed E-state index contributed by atoms with van der Waals surface area (Å²) >= 11 is 4.93. The number of thiocarbonyl (C=S) groups is 1. The molecule has 0 aliphatic heterocycles. The van der Waals surface area contributed by atoms with E-state index >= 15 is 0 Å². The van der Waals surface area contributed by atoms with Crippen molar-refractivity contribution in [2.24, 2.45) is 0 Å². The van der Waals surface area contributed by atoms with Crippen molar-refractivity contribution in [3.8, 4) is 11.6 Å². The molecule has 30 heavy (non-hydrogen) atoms. The third-order valence-corrected chi connectivity index (χ3v) is 3.75. The number of ether oxygens (including phenoxy) is 2. The number of likely N-dealkylation sites (N-methyl/N-ethyl adjacent to an activating group) is 1. The molecule has 0 unspecified atom stereocenters. The highest BCUT2D eigenvalue weighted by Gasteiger charge is 2.12. The molecule has 0 spiro atoms. The van der Waals surface area contributed by atoms with Crippen LogP contribution in [-0.4, -0.2) is 59.2 Å². The van der Waals surface area contributed by atoms with Crippen molar-refractivity contribution in [2.75, 3.05) is 37.9 Å². The predicted octanol–water partition coefficient (Wildman–Crippen LogP) is 2.35. The Kier molecular flexibility index (Phi) is 8.38. The first-order valence-electron chi connectivity index (χ1n) is 8.67. The minimum Gasteiger partial charge on any atom is -0.436 e. The molecule has 12 heteroatoms. The highest BCUT2D eigenvalue weighted by Crippen LogP contribution is 2.26. The highest BCUT2D eigenvalue weighted by molar-refractivity contribution is 7.80. The van der Waals surface area contributed by atoms with Gasteiger partial charge in [-0.05, 0) is 24.4 Å². The Hall–Kier alpha value is -3.38. The summed E-state index contributed by atoms with van der Waals surface area (Å²) in [5.41, 5.74) is 0.327. The number of aromatic nitrogens is 2. The van der Waals surface area contributed by atoms with E-state index in [9.17, 15) is 14.0 Å². The van der Waals surface area contributed by atoms with E-state index in [1.807, 2.05) is 0 Å². The summed E-state index contributed by atoms with van der Waals surface area (Å²) in [6.07, 6.45) is 1.18. The smallest absolute Gasteiger partial charge is 0.322 e. The largest absolute Gasteiger partial charge is 0.436 e. The summed E-state index contributed by atoms with van der Waals surface area (Å²) in [4.78, 5) is 32.3. The molecule has 1 aromatic carbocycles. The van der Waals surface area contributed by atoms with Crippen molar-refractivity contribution >= 4 is 40.8 Å². The molecule has 0 radical (unpaired) electrons. The Morgan fingerprint density at radius 3 is 2.67 bits per heavy atom. The summed E-state index contributed by atoms with van der Waals surface area (Å²) in [6, 6.07) is 5.00. The van der Waals surface area contributed by atoms with Crippen LogP contribution < -0.4 is 20.7 Å². The minimum atomic E-state index is -0.686. The van der Waals surface area contributed by atoms with Crippen LogP contribution in [0.3, 0.4) is 0 Å². The molecule has 3 amide bonds. The number of rotatable bonds is 7. The lowest BCUT2D eigenvalue weighted by atomic mass is 10.3. The van der Waals surface area contributed by atoms with Gasteiger partial charge >= 0.3 is 6.03 Å². The standard InChI is InChI=1S/C18H21FN6O4S/c1-11(26)22-17(30)23-12-4-5-14(13(19)8-12)29-16-9-15(20-10-21-16)24-18(27)25(2)6-7-28-3/h4-5,8-10H,6-7H2,1-3H3,(H,20,21,24,27)(H2,22,23,26,30). The number of nitrogens with zero attached hydrogens (tertiary/aromatic N) is 3. The van der Waals surface area contributed by atoms with E-state index in [2.05, 4.69) is 25.9 Å². The molecule has 1 heterocycles. The van der Waals surface area contributed by atoms with Gasteiger partial charge in [-0.2, -0.15) is 0 Å². The summed E-state index contributed by atoms with van der Waals surface area (Å²) < 4.78 is 24.7. The van der Waals surface area contributed by atoms with Crippen LogP contribution in [0.1, 0.15) is 6.92 Å². The second kappa shape index (κ2) is 11.0. The average molecular weight is 436 g/mol. The fourth-order valence-corrected chi connectivity index (χ4v) is 2.36. The fourth-order valence-electron chi connectivity index (χ4n) is 2.09. The summed E-state index contributed by atoms with van der Waals surface area (Å²) in [5.74, 6) is -0.903. The Labute approximate surface area is 177 Å². The average Bonchev–Trinajstić information content (AvgIpc) is 2.67. The lowest BCUT2D eigenvalue weighted by molar-refractivity contribution is -0.117. The van der Waals surface area contributed by atoms with E-state index in [-0.39, 0.29) is 28.5 Å². The van der Waals surface area contributed by atoms with Gasteiger partial charge in [0.15, 0.2) is 16.7 Å². The van der Waals surface area contributed by atoms with E-state index in [1.54, 1.807) is 14.2 Å². The van der Waals surface area contributed by atoms with Crippen molar-refractivity contribution in [2.45, 2.75) is 6.92 Å². The zero-order valence-corrected chi connectivity index (χ0v) is 17.4. The van der Waals surface area contributed by atoms with Gasteiger partial charge in [0, 0.05) is 45.4 Å². The van der Waals surface area contributed by atoms with Crippen molar-refractivity contribution in [1.29, 1.82) is 0 Å². The molecule has 0 saturated heterocycles. The van der Waals surface area contributed by atoms with Crippen molar-refractivity contribution in [3.05, 3.63) is 36.4 Å². The van der Waals surface area contributed by atoms with Gasteiger partial charge < -0.3 is 25.0 Å². The first-order chi connectivity index (χ1) is 14.3. The first-order valence-corrected chi connectivity index (χ1v) is 9.08. The van der Waals surface area contributed by atoms with E-state index in [0.717, 1.165) is 6.07 Å². The lowest BCUT2D eigenvalue weighted by Gasteiger charge is -2.17. The summed E-state index contributed by atoms with van der Waals surface area (Å²) in [5, 5.41) is 7.68. The maximum Gasteiger partial charge on any atom is 0.322 e. The lowest BCUT2D eigenvalue weighted by Crippen LogP contribution is -2.34. The fraction of sp³-hybridized carbons (Fsp3) is 0.278. The van der Waals surface area contributed by atoms with Gasteiger partial charge in [-0.15, -0.1) is 0 Å². The molecule has 0 atom stereocenters. The molecule has 0 bridgehead atoms. The van der Waals surface area contributed by atoms with Gasteiger partial charge in [-0.1, -0.05) is 0 Å². The quantitative estimate of drug-likeness (QED) is 0.566. The number of methoxy groups -OCH3 is 1. The predicted molar refractivity (Wildman–Crippen MR) is 112 cm³/mol. The molecular formula is C18H21FN6O4S. The van der Waals surface area contributed by atoms with Gasteiger partial charge in [-0.25, -0.2) is 19.2 Å². The molecule has 0 aliphatic carbocycles. The summed E-state index contributed by atoms with van der Waals surface area (Å²) in [6.45, 7) is 2.09. The van der Waals surface area contributed by atoms with Crippen molar-refractivity contribution in [1.82, 2.24) is 20.2 Å². The Morgan fingerprint density at radius 1 is 1.23 bits per heavy atom. The third kappa shape index (κ3) is 7.22. The van der Waals surface area contributed by atoms with Crippen LogP contribution >= 0.6 is 12.2 Å². The van der Waals surface area contributed by atoms with Crippen LogP contribution in [0.5, 0.6) is 11.6 Å². The number of amides is 3. The van der Waals surface area contributed by atoms with E-state index < -0.39 is 11.8 Å². The van der Waals surface area contributed by atoms with Gasteiger partial charge in [0.1, 0.15) is 12.1 Å². The number of halogens is 1. The Morgan fingerprint density at radius 2 is 2.00 bits per heavy atom. The number of anilines is 2. The number of carbonyl (C=O) groups excluding carboxylic acids is 2. The van der Waals surface area contributed by atoms with Gasteiger partial charge in [0.25, 0.3) is 0 Å².